The van der Waals surface area contributed by atoms with Crippen LogP contribution in [0.3, 0.4) is 0 Å². The Morgan fingerprint density at radius 1 is 1.33 bits per heavy atom. The molecular formula is C15H15BrClFN2O. The van der Waals surface area contributed by atoms with Crippen LogP contribution in [0.15, 0.2) is 40.9 Å². The molecule has 0 saturated carbocycles. The van der Waals surface area contributed by atoms with Crippen molar-refractivity contribution in [1.82, 2.24) is 5.43 Å². The first-order valence-electron chi connectivity index (χ1n) is 6.28. The van der Waals surface area contributed by atoms with Crippen molar-refractivity contribution in [2.45, 2.75) is 12.5 Å². The fraction of sp³-hybridized carbons (Fsp3) is 0.200. The Labute approximate surface area is 136 Å². The molecule has 0 aliphatic carbocycles. The fourth-order valence-electron chi connectivity index (χ4n) is 2.16. The Morgan fingerprint density at radius 2 is 2.10 bits per heavy atom. The lowest BCUT2D eigenvalue weighted by atomic mass is 9.98. The molecule has 21 heavy (non-hydrogen) atoms. The molecule has 1 unspecified atom stereocenters. The minimum absolute atomic E-state index is 0.253. The van der Waals surface area contributed by atoms with Gasteiger partial charge in [0.05, 0.1) is 13.2 Å². The molecule has 112 valence electrons. The molecule has 0 radical (unpaired) electrons. The minimum Gasteiger partial charge on any atom is -0.496 e. The second-order valence-corrected chi connectivity index (χ2v) is 5.84. The van der Waals surface area contributed by atoms with Gasteiger partial charge in [0.2, 0.25) is 0 Å². The average molecular weight is 374 g/mol. The van der Waals surface area contributed by atoms with E-state index >= 15 is 0 Å². The van der Waals surface area contributed by atoms with Crippen LogP contribution < -0.4 is 16.0 Å². The maximum atomic E-state index is 13.4. The fourth-order valence-corrected chi connectivity index (χ4v) is 2.74. The van der Waals surface area contributed by atoms with Gasteiger partial charge in [-0.2, -0.15) is 0 Å². The summed E-state index contributed by atoms with van der Waals surface area (Å²) in [4.78, 5) is 0. The molecule has 3 N–H and O–H groups in total. The highest BCUT2D eigenvalue weighted by atomic mass is 79.9. The smallest absolute Gasteiger partial charge is 0.123 e. The van der Waals surface area contributed by atoms with Crippen LogP contribution in [0.1, 0.15) is 17.2 Å². The van der Waals surface area contributed by atoms with Gasteiger partial charge in [-0.05, 0) is 48.4 Å². The SMILES string of the molecule is COc1ccc(Cl)cc1C(Cc1cc(F)ccc1Br)NN. The third kappa shape index (κ3) is 3.95. The van der Waals surface area contributed by atoms with E-state index in [0.29, 0.717) is 17.2 Å². The lowest BCUT2D eigenvalue weighted by molar-refractivity contribution is 0.399. The quantitative estimate of drug-likeness (QED) is 0.615. The second kappa shape index (κ2) is 7.22. The van der Waals surface area contributed by atoms with E-state index < -0.39 is 0 Å². The molecule has 0 spiro atoms. The summed E-state index contributed by atoms with van der Waals surface area (Å²) < 4.78 is 19.6. The number of hydrogen-bond donors (Lipinski definition) is 2. The van der Waals surface area contributed by atoms with Gasteiger partial charge in [0.25, 0.3) is 0 Å². The number of methoxy groups -OCH3 is 1. The average Bonchev–Trinajstić information content (AvgIpc) is 2.48. The zero-order valence-electron chi connectivity index (χ0n) is 11.4. The van der Waals surface area contributed by atoms with Gasteiger partial charge in [0, 0.05) is 15.1 Å². The molecule has 2 aromatic carbocycles. The molecule has 0 aliphatic rings. The third-order valence-corrected chi connectivity index (χ3v) is 4.21. The number of nitrogens with one attached hydrogen (secondary N) is 1. The Bertz CT molecular complexity index is 639. The predicted molar refractivity (Wildman–Crippen MR) is 85.9 cm³/mol. The van der Waals surface area contributed by atoms with Crippen molar-refractivity contribution in [2.75, 3.05) is 7.11 Å². The Morgan fingerprint density at radius 3 is 2.76 bits per heavy atom. The van der Waals surface area contributed by atoms with Crippen LogP contribution in [0.2, 0.25) is 5.02 Å². The molecule has 3 nitrogen and oxygen atoms in total. The second-order valence-electron chi connectivity index (χ2n) is 4.55. The van der Waals surface area contributed by atoms with E-state index in [1.165, 1.54) is 12.1 Å². The molecule has 0 aliphatic heterocycles. The van der Waals surface area contributed by atoms with Crippen molar-refractivity contribution in [3.63, 3.8) is 0 Å². The molecule has 0 fully saturated rings. The maximum Gasteiger partial charge on any atom is 0.123 e. The number of hydrazine groups is 1. The van der Waals surface area contributed by atoms with E-state index in [4.69, 9.17) is 22.2 Å². The van der Waals surface area contributed by atoms with Crippen molar-refractivity contribution < 1.29 is 9.13 Å². The van der Waals surface area contributed by atoms with Crippen molar-refractivity contribution in [2.24, 2.45) is 5.84 Å². The number of nitrogens with two attached hydrogens (primary N) is 1. The van der Waals surface area contributed by atoms with Crippen molar-refractivity contribution in [1.29, 1.82) is 0 Å². The van der Waals surface area contributed by atoms with Crippen LogP contribution in [-0.2, 0) is 6.42 Å². The standard InChI is InChI=1S/C15H15BrClFN2O/c1-21-15-5-2-10(17)8-12(15)14(20-19)7-9-6-11(18)3-4-13(9)16/h2-6,8,14,20H,7,19H2,1H3. The normalized spacial score (nSPS) is 12.2. The first-order chi connectivity index (χ1) is 10.0. The van der Waals surface area contributed by atoms with E-state index in [0.717, 1.165) is 15.6 Å². The monoisotopic (exact) mass is 372 g/mol. The molecule has 6 heteroatoms. The van der Waals surface area contributed by atoms with Crippen LogP contribution in [-0.4, -0.2) is 7.11 Å². The molecule has 0 bridgehead atoms. The zero-order valence-corrected chi connectivity index (χ0v) is 13.7. The lowest BCUT2D eigenvalue weighted by Crippen LogP contribution is -2.30. The number of halogens is 3. The van der Waals surface area contributed by atoms with E-state index in [1.807, 2.05) is 0 Å². The van der Waals surface area contributed by atoms with Gasteiger partial charge in [-0.1, -0.05) is 27.5 Å². The molecular weight excluding hydrogens is 359 g/mol. The van der Waals surface area contributed by atoms with Crippen LogP contribution in [0.5, 0.6) is 5.75 Å². The van der Waals surface area contributed by atoms with E-state index in [2.05, 4.69) is 21.4 Å². The van der Waals surface area contributed by atoms with Gasteiger partial charge in [-0.15, -0.1) is 0 Å². The summed E-state index contributed by atoms with van der Waals surface area (Å²) in [6, 6.07) is 9.62. The van der Waals surface area contributed by atoms with Gasteiger partial charge >= 0.3 is 0 Å². The Balaban J connectivity index is 2.36. The topological polar surface area (TPSA) is 47.3 Å². The van der Waals surface area contributed by atoms with Crippen molar-refractivity contribution >= 4 is 27.5 Å². The first-order valence-corrected chi connectivity index (χ1v) is 7.45. The minimum atomic E-state index is -0.290. The summed E-state index contributed by atoms with van der Waals surface area (Å²) in [5.74, 6) is 6.04. The molecule has 0 saturated heterocycles. The summed E-state index contributed by atoms with van der Waals surface area (Å²) in [6.07, 6.45) is 0.492. The largest absolute Gasteiger partial charge is 0.496 e. The highest BCUT2D eigenvalue weighted by Crippen LogP contribution is 2.31. The van der Waals surface area contributed by atoms with Gasteiger partial charge in [0.15, 0.2) is 0 Å². The van der Waals surface area contributed by atoms with E-state index in [1.54, 1.807) is 31.4 Å². The van der Waals surface area contributed by atoms with Crippen LogP contribution >= 0.6 is 27.5 Å². The lowest BCUT2D eigenvalue weighted by Gasteiger charge is -2.20. The summed E-state index contributed by atoms with van der Waals surface area (Å²) in [5, 5.41) is 0.587. The number of benzene rings is 2. The van der Waals surface area contributed by atoms with E-state index in [-0.39, 0.29) is 11.9 Å². The maximum absolute atomic E-state index is 13.4. The summed E-state index contributed by atoms with van der Waals surface area (Å²) in [5.41, 5.74) is 4.36. The molecule has 1 atom stereocenters. The zero-order chi connectivity index (χ0) is 15.4. The number of rotatable bonds is 5. The highest BCUT2D eigenvalue weighted by molar-refractivity contribution is 9.10. The molecule has 2 rings (SSSR count). The molecule has 0 heterocycles. The number of ether oxygens (including phenoxy) is 1. The highest BCUT2D eigenvalue weighted by Gasteiger charge is 2.17. The third-order valence-electron chi connectivity index (χ3n) is 3.20. The first kappa shape index (κ1) is 16.2. The Hall–Kier alpha value is -1.14. The van der Waals surface area contributed by atoms with Crippen LogP contribution in [0, 0.1) is 5.82 Å². The van der Waals surface area contributed by atoms with Gasteiger partial charge < -0.3 is 4.74 Å². The van der Waals surface area contributed by atoms with Crippen molar-refractivity contribution in [3.8, 4) is 5.75 Å². The summed E-state index contributed by atoms with van der Waals surface area (Å²) in [7, 11) is 1.58. The Kier molecular flexibility index (Phi) is 5.58. The van der Waals surface area contributed by atoms with E-state index in [9.17, 15) is 4.39 Å². The van der Waals surface area contributed by atoms with Gasteiger partial charge in [-0.3, -0.25) is 11.3 Å². The van der Waals surface area contributed by atoms with Crippen LogP contribution in [0.25, 0.3) is 0 Å². The number of hydrogen-bond acceptors (Lipinski definition) is 3. The molecule has 0 amide bonds. The van der Waals surface area contributed by atoms with Gasteiger partial charge in [0.1, 0.15) is 11.6 Å². The molecule has 2 aromatic rings. The predicted octanol–water partition coefficient (Wildman–Crippen LogP) is 4.00. The van der Waals surface area contributed by atoms with Crippen molar-refractivity contribution in [3.05, 3.63) is 62.8 Å². The molecule has 0 aromatic heterocycles. The van der Waals surface area contributed by atoms with Gasteiger partial charge in [-0.25, -0.2) is 4.39 Å². The van der Waals surface area contributed by atoms with Crippen LogP contribution in [0.4, 0.5) is 4.39 Å². The summed E-state index contributed by atoms with van der Waals surface area (Å²) in [6.45, 7) is 0. The summed E-state index contributed by atoms with van der Waals surface area (Å²) >= 11 is 9.46.